The molecule has 104 valence electrons. The molecular formula is C16H22O3. The molecule has 0 amide bonds. The zero-order chi connectivity index (χ0) is 14.2. The highest BCUT2D eigenvalue weighted by Crippen LogP contribution is 2.49. The minimum absolute atomic E-state index is 0.0452. The van der Waals surface area contributed by atoms with Crippen molar-refractivity contribution in [2.24, 2.45) is 5.92 Å². The quantitative estimate of drug-likeness (QED) is 0.848. The van der Waals surface area contributed by atoms with Crippen molar-refractivity contribution in [3.63, 3.8) is 0 Å². The van der Waals surface area contributed by atoms with Gasteiger partial charge in [-0.1, -0.05) is 26.0 Å². The Balaban J connectivity index is 2.45. The van der Waals surface area contributed by atoms with Crippen LogP contribution < -0.4 is 0 Å². The molecule has 0 heterocycles. The minimum Gasteiger partial charge on any atom is -0.507 e. The number of carboxylic acids is 1. The molecule has 0 radical (unpaired) electrons. The van der Waals surface area contributed by atoms with Crippen LogP contribution in [0.15, 0.2) is 12.1 Å². The molecule has 0 bridgehead atoms. The molecule has 0 aliphatic heterocycles. The second-order valence-corrected chi connectivity index (χ2v) is 5.93. The van der Waals surface area contributed by atoms with Gasteiger partial charge in [-0.05, 0) is 42.7 Å². The standard InChI is InChI=1S/C16H22O3/c1-9(2)12-7-4-10(3)15(16(12)19)13(8-14(17)18)11-5-6-11/h4,7,9,11,13,19H,5-6,8H2,1-3H3,(H,17,18). The summed E-state index contributed by atoms with van der Waals surface area (Å²) >= 11 is 0. The molecular weight excluding hydrogens is 240 g/mol. The zero-order valence-corrected chi connectivity index (χ0v) is 11.8. The van der Waals surface area contributed by atoms with E-state index < -0.39 is 5.97 Å². The number of carboxylic acid groups (broad SMARTS) is 1. The van der Waals surface area contributed by atoms with E-state index in [0.717, 1.165) is 29.5 Å². The molecule has 1 unspecified atom stereocenters. The number of phenolic OH excluding ortho intramolecular Hbond substituents is 1. The Kier molecular flexibility index (Phi) is 3.83. The smallest absolute Gasteiger partial charge is 0.303 e. The van der Waals surface area contributed by atoms with Gasteiger partial charge in [0.2, 0.25) is 0 Å². The second-order valence-electron chi connectivity index (χ2n) is 5.93. The number of benzene rings is 1. The monoisotopic (exact) mass is 262 g/mol. The molecule has 1 aliphatic carbocycles. The Labute approximate surface area is 114 Å². The number of rotatable bonds is 5. The highest BCUT2D eigenvalue weighted by molar-refractivity contribution is 5.69. The highest BCUT2D eigenvalue weighted by Gasteiger charge is 2.36. The third kappa shape index (κ3) is 2.91. The largest absolute Gasteiger partial charge is 0.507 e. The summed E-state index contributed by atoms with van der Waals surface area (Å²) in [5, 5.41) is 19.6. The molecule has 1 fully saturated rings. The van der Waals surface area contributed by atoms with Gasteiger partial charge in [-0.25, -0.2) is 0 Å². The lowest BCUT2D eigenvalue weighted by atomic mass is 9.84. The van der Waals surface area contributed by atoms with Crippen molar-refractivity contribution in [2.75, 3.05) is 0 Å². The van der Waals surface area contributed by atoms with E-state index in [2.05, 4.69) is 0 Å². The van der Waals surface area contributed by atoms with Crippen LogP contribution in [0.2, 0.25) is 0 Å². The Hall–Kier alpha value is -1.51. The summed E-state index contributed by atoms with van der Waals surface area (Å²) in [4.78, 5) is 11.1. The van der Waals surface area contributed by atoms with Crippen molar-refractivity contribution in [3.05, 3.63) is 28.8 Å². The van der Waals surface area contributed by atoms with Crippen LogP contribution in [0.4, 0.5) is 0 Å². The first-order valence-corrected chi connectivity index (χ1v) is 6.96. The Morgan fingerprint density at radius 3 is 2.47 bits per heavy atom. The van der Waals surface area contributed by atoms with Gasteiger partial charge in [-0.2, -0.15) is 0 Å². The van der Waals surface area contributed by atoms with Crippen molar-refractivity contribution in [1.29, 1.82) is 0 Å². The van der Waals surface area contributed by atoms with E-state index in [9.17, 15) is 9.90 Å². The van der Waals surface area contributed by atoms with Gasteiger partial charge in [0.25, 0.3) is 0 Å². The molecule has 1 aliphatic rings. The number of hydrogen-bond acceptors (Lipinski definition) is 2. The van der Waals surface area contributed by atoms with E-state index >= 15 is 0 Å². The lowest BCUT2D eigenvalue weighted by molar-refractivity contribution is -0.137. The first-order chi connectivity index (χ1) is 8.91. The highest BCUT2D eigenvalue weighted by atomic mass is 16.4. The molecule has 3 heteroatoms. The normalized spacial score (nSPS) is 16.6. The van der Waals surface area contributed by atoms with Crippen LogP contribution in [0.3, 0.4) is 0 Å². The first kappa shape index (κ1) is 13.9. The van der Waals surface area contributed by atoms with E-state index in [-0.39, 0.29) is 18.3 Å². The molecule has 1 atom stereocenters. The maximum atomic E-state index is 11.1. The summed E-state index contributed by atoms with van der Waals surface area (Å²) in [6.45, 7) is 6.03. The van der Waals surface area contributed by atoms with Gasteiger partial charge in [-0.3, -0.25) is 4.79 Å². The maximum Gasteiger partial charge on any atom is 0.303 e. The molecule has 19 heavy (non-hydrogen) atoms. The van der Waals surface area contributed by atoms with Gasteiger partial charge in [0.05, 0.1) is 6.42 Å². The summed E-state index contributed by atoms with van der Waals surface area (Å²) in [6.07, 6.45) is 2.26. The van der Waals surface area contributed by atoms with Gasteiger partial charge in [0, 0.05) is 11.5 Å². The predicted octanol–water partition coefficient (Wildman–Crippen LogP) is 3.79. The van der Waals surface area contributed by atoms with Gasteiger partial charge in [-0.15, -0.1) is 0 Å². The topological polar surface area (TPSA) is 57.5 Å². The number of carbonyl (C=O) groups is 1. The lowest BCUT2D eigenvalue weighted by Gasteiger charge is -2.21. The Morgan fingerprint density at radius 2 is 2.00 bits per heavy atom. The van der Waals surface area contributed by atoms with Gasteiger partial charge < -0.3 is 10.2 Å². The van der Waals surface area contributed by atoms with Gasteiger partial charge in [0.15, 0.2) is 0 Å². The van der Waals surface area contributed by atoms with Crippen LogP contribution in [0.5, 0.6) is 5.75 Å². The van der Waals surface area contributed by atoms with Crippen LogP contribution in [0.1, 0.15) is 61.6 Å². The van der Waals surface area contributed by atoms with Crippen molar-refractivity contribution >= 4 is 5.97 Å². The molecule has 0 spiro atoms. The molecule has 1 saturated carbocycles. The third-order valence-corrected chi connectivity index (χ3v) is 4.04. The number of phenols is 1. The fourth-order valence-corrected chi connectivity index (χ4v) is 2.85. The van der Waals surface area contributed by atoms with Crippen molar-refractivity contribution in [3.8, 4) is 5.75 Å². The molecule has 1 aromatic rings. The maximum absolute atomic E-state index is 11.1. The van der Waals surface area contributed by atoms with E-state index in [4.69, 9.17) is 5.11 Å². The lowest BCUT2D eigenvalue weighted by Crippen LogP contribution is -2.11. The van der Waals surface area contributed by atoms with Crippen LogP contribution in [-0.4, -0.2) is 16.2 Å². The molecule has 0 aromatic heterocycles. The Bertz CT molecular complexity index is 487. The second kappa shape index (κ2) is 5.24. The van der Waals surface area contributed by atoms with E-state index in [1.807, 2.05) is 32.9 Å². The van der Waals surface area contributed by atoms with Crippen LogP contribution in [0, 0.1) is 12.8 Å². The summed E-state index contributed by atoms with van der Waals surface area (Å²) in [5.41, 5.74) is 2.77. The fourth-order valence-electron chi connectivity index (χ4n) is 2.85. The van der Waals surface area contributed by atoms with Crippen molar-refractivity contribution in [2.45, 2.75) is 51.9 Å². The predicted molar refractivity (Wildman–Crippen MR) is 74.7 cm³/mol. The first-order valence-electron chi connectivity index (χ1n) is 6.96. The van der Waals surface area contributed by atoms with Gasteiger partial charge >= 0.3 is 5.97 Å². The van der Waals surface area contributed by atoms with E-state index in [0.29, 0.717) is 11.7 Å². The molecule has 2 N–H and O–H groups in total. The summed E-state index contributed by atoms with van der Waals surface area (Å²) in [7, 11) is 0. The number of aromatic hydroxyl groups is 1. The average Bonchev–Trinajstić information content (AvgIpc) is 3.10. The molecule has 1 aromatic carbocycles. The van der Waals surface area contributed by atoms with Crippen molar-refractivity contribution < 1.29 is 15.0 Å². The number of aryl methyl sites for hydroxylation is 1. The fraction of sp³-hybridized carbons (Fsp3) is 0.562. The van der Waals surface area contributed by atoms with Crippen LogP contribution >= 0.6 is 0 Å². The van der Waals surface area contributed by atoms with E-state index in [1.54, 1.807) is 0 Å². The SMILES string of the molecule is Cc1ccc(C(C)C)c(O)c1C(CC(=O)O)C1CC1. The summed E-state index contributed by atoms with van der Waals surface area (Å²) in [5.74, 6) is 0.141. The summed E-state index contributed by atoms with van der Waals surface area (Å²) in [6, 6.07) is 3.95. The van der Waals surface area contributed by atoms with Crippen molar-refractivity contribution in [1.82, 2.24) is 0 Å². The molecule has 3 nitrogen and oxygen atoms in total. The van der Waals surface area contributed by atoms with Crippen LogP contribution in [0.25, 0.3) is 0 Å². The molecule has 2 rings (SSSR count). The zero-order valence-electron chi connectivity index (χ0n) is 11.8. The van der Waals surface area contributed by atoms with Gasteiger partial charge in [0.1, 0.15) is 5.75 Å². The number of aliphatic carboxylic acids is 1. The summed E-state index contributed by atoms with van der Waals surface area (Å²) < 4.78 is 0. The van der Waals surface area contributed by atoms with E-state index in [1.165, 1.54) is 0 Å². The van der Waals surface area contributed by atoms with Crippen LogP contribution in [-0.2, 0) is 4.79 Å². The molecule has 0 saturated heterocycles. The average molecular weight is 262 g/mol. The minimum atomic E-state index is -0.786. The third-order valence-electron chi connectivity index (χ3n) is 4.04. The number of hydrogen-bond donors (Lipinski definition) is 2. The Morgan fingerprint density at radius 1 is 1.37 bits per heavy atom.